The van der Waals surface area contributed by atoms with E-state index < -0.39 is 0 Å². The van der Waals surface area contributed by atoms with Gasteiger partial charge in [-0.1, -0.05) is 37.3 Å². The second kappa shape index (κ2) is 8.00. The van der Waals surface area contributed by atoms with Gasteiger partial charge in [0.05, 0.1) is 11.4 Å². The molecule has 3 aliphatic carbocycles. The lowest BCUT2D eigenvalue weighted by Gasteiger charge is -2.50. The number of carbonyl (C=O) groups is 1. The Balaban J connectivity index is 1.32. The number of ether oxygens (including phenoxy) is 1. The number of H-pyrrole nitrogens is 1. The molecular formula is C29H32N2O3. The van der Waals surface area contributed by atoms with E-state index in [1.165, 1.54) is 18.1 Å². The van der Waals surface area contributed by atoms with E-state index in [9.17, 15) is 9.90 Å². The summed E-state index contributed by atoms with van der Waals surface area (Å²) in [6.07, 6.45) is 6.48. The number of nitrogens with zero attached hydrogens (tertiary/aromatic N) is 1. The average Bonchev–Trinajstić information content (AvgIpc) is 3.44. The number of phenols is 1. The molecule has 0 spiro atoms. The zero-order valence-electron chi connectivity index (χ0n) is 19.9. The Morgan fingerprint density at radius 1 is 1.12 bits per heavy atom. The van der Waals surface area contributed by atoms with Crippen LogP contribution < -0.4 is 0 Å². The molecule has 6 rings (SSSR count). The zero-order chi connectivity index (χ0) is 23.4. The number of fused-ring (bicyclic) bond motifs is 5. The SMILES string of the molecule is CC(=O)O[C@H]1CC[C@H]2[C@@H]3CCc4cc(O)c(-c5cc(-c6ccccc6)n[nH]5)cc4[C@H]3CC[C@]12C. The normalized spacial score (nSPS) is 29.7. The Kier molecular flexibility index (Phi) is 5.05. The van der Waals surface area contributed by atoms with Crippen LogP contribution in [0, 0.1) is 17.3 Å². The van der Waals surface area contributed by atoms with Crippen LogP contribution in [0.15, 0.2) is 48.5 Å². The van der Waals surface area contributed by atoms with Crippen molar-refractivity contribution in [1.29, 1.82) is 0 Å². The summed E-state index contributed by atoms with van der Waals surface area (Å²) >= 11 is 0. The number of aromatic nitrogens is 2. The minimum atomic E-state index is -0.155. The summed E-state index contributed by atoms with van der Waals surface area (Å²) in [6, 6.07) is 16.3. The molecule has 34 heavy (non-hydrogen) atoms. The second-order valence-electron chi connectivity index (χ2n) is 10.7. The number of rotatable bonds is 3. The summed E-state index contributed by atoms with van der Waals surface area (Å²) in [5.74, 6) is 1.84. The van der Waals surface area contributed by atoms with Gasteiger partial charge in [0.15, 0.2) is 0 Å². The summed E-state index contributed by atoms with van der Waals surface area (Å²) in [6.45, 7) is 3.88. The second-order valence-corrected chi connectivity index (χ2v) is 10.7. The van der Waals surface area contributed by atoms with Crippen molar-refractivity contribution in [3.63, 3.8) is 0 Å². The van der Waals surface area contributed by atoms with Crippen LogP contribution in [0.2, 0.25) is 0 Å². The molecular weight excluding hydrogens is 424 g/mol. The Bertz CT molecular complexity index is 1230. The van der Waals surface area contributed by atoms with Crippen LogP contribution in [-0.4, -0.2) is 27.4 Å². The van der Waals surface area contributed by atoms with Crippen LogP contribution in [0.5, 0.6) is 5.75 Å². The highest BCUT2D eigenvalue weighted by atomic mass is 16.5. The van der Waals surface area contributed by atoms with Gasteiger partial charge in [-0.2, -0.15) is 5.10 Å². The summed E-state index contributed by atoms with van der Waals surface area (Å²) in [4.78, 5) is 11.7. The van der Waals surface area contributed by atoms with Crippen LogP contribution in [0.1, 0.15) is 63.0 Å². The molecule has 5 atom stereocenters. The first-order valence-corrected chi connectivity index (χ1v) is 12.6. The predicted octanol–water partition coefficient (Wildman–Crippen LogP) is 6.24. The molecule has 5 heteroatoms. The number of carbonyl (C=O) groups excluding carboxylic acids is 1. The zero-order valence-corrected chi connectivity index (χ0v) is 19.9. The molecule has 2 aromatic carbocycles. The number of hydrogen-bond acceptors (Lipinski definition) is 4. The van der Waals surface area contributed by atoms with Crippen molar-refractivity contribution < 1.29 is 14.6 Å². The number of phenolic OH excluding ortho intramolecular Hbond substituents is 1. The standard InChI is InChI=1S/C29H32N2O3/c1-17(32)34-28-11-10-24-21-9-8-19-14-27(33)23(15-22(19)20(21)12-13-29(24,28)2)26-16-25(30-31-26)18-6-4-3-5-7-18/h3-7,14-16,20-21,24,28,33H,8-13H2,1-2H3,(H,30,31)/t20-,21+,24-,28-,29-/m0/s1. The van der Waals surface area contributed by atoms with Gasteiger partial charge in [0.25, 0.3) is 0 Å². The van der Waals surface area contributed by atoms with E-state index in [2.05, 4.69) is 23.2 Å². The molecule has 1 aromatic heterocycles. The van der Waals surface area contributed by atoms with Gasteiger partial charge in [-0.15, -0.1) is 0 Å². The molecule has 2 N–H and O–H groups in total. The number of nitrogens with one attached hydrogen (secondary N) is 1. The lowest BCUT2D eigenvalue weighted by Crippen LogP contribution is -2.45. The van der Waals surface area contributed by atoms with Crippen molar-refractivity contribution in [2.75, 3.05) is 0 Å². The van der Waals surface area contributed by atoms with Crippen LogP contribution >= 0.6 is 0 Å². The number of hydrogen-bond donors (Lipinski definition) is 2. The molecule has 3 aromatic rings. The van der Waals surface area contributed by atoms with Gasteiger partial charge in [0.2, 0.25) is 0 Å². The summed E-state index contributed by atoms with van der Waals surface area (Å²) in [5, 5.41) is 18.6. The lowest BCUT2D eigenvalue weighted by molar-refractivity contribution is -0.154. The fourth-order valence-electron chi connectivity index (χ4n) is 7.39. The van der Waals surface area contributed by atoms with Crippen LogP contribution in [0.25, 0.3) is 22.5 Å². The van der Waals surface area contributed by atoms with Crippen molar-refractivity contribution in [2.24, 2.45) is 17.3 Å². The third-order valence-electron chi connectivity index (χ3n) is 9.00. The van der Waals surface area contributed by atoms with Gasteiger partial charge in [-0.25, -0.2) is 0 Å². The van der Waals surface area contributed by atoms with Gasteiger partial charge in [-0.3, -0.25) is 9.89 Å². The Labute approximate surface area is 200 Å². The van der Waals surface area contributed by atoms with E-state index in [0.717, 1.165) is 61.0 Å². The van der Waals surface area contributed by atoms with E-state index in [1.807, 2.05) is 42.5 Å². The Morgan fingerprint density at radius 2 is 1.94 bits per heavy atom. The molecule has 0 aliphatic heterocycles. The fraction of sp³-hybridized carbons (Fsp3) is 0.448. The van der Waals surface area contributed by atoms with Gasteiger partial charge in [-0.05, 0) is 85.6 Å². The topological polar surface area (TPSA) is 75.2 Å². The first kappa shape index (κ1) is 21.5. The summed E-state index contributed by atoms with van der Waals surface area (Å²) in [7, 11) is 0. The summed E-state index contributed by atoms with van der Waals surface area (Å²) < 4.78 is 5.78. The van der Waals surface area contributed by atoms with Crippen molar-refractivity contribution in [3.8, 4) is 28.3 Å². The molecule has 176 valence electrons. The maximum absolute atomic E-state index is 11.7. The molecule has 0 radical (unpaired) electrons. The lowest BCUT2D eigenvalue weighted by atomic mass is 9.55. The van der Waals surface area contributed by atoms with Crippen molar-refractivity contribution in [2.45, 2.75) is 64.4 Å². The van der Waals surface area contributed by atoms with E-state index in [0.29, 0.717) is 23.5 Å². The smallest absolute Gasteiger partial charge is 0.302 e. The number of esters is 1. The van der Waals surface area contributed by atoms with Crippen LogP contribution in [0.4, 0.5) is 0 Å². The third-order valence-corrected chi connectivity index (χ3v) is 9.00. The maximum atomic E-state index is 11.7. The number of aryl methyl sites for hydroxylation is 1. The first-order chi connectivity index (χ1) is 16.4. The third kappa shape index (κ3) is 3.36. The van der Waals surface area contributed by atoms with Gasteiger partial charge in [0, 0.05) is 23.5 Å². The van der Waals surface area contributed by atoms with Crippen molar-refractivity contribution in [3.05, 3.63) is 59.7 Å². The minimum Gasteiger partial charge on any atom is -0.507 e. The molecule has 0 bridgehead atoms. The maximum Gasteiger partial charge on any atom is 0.302 e. The van der Waals surface area contributed by atoms with Gasteiger partial charge < -0.3 is 9.84 Å². The van der Waals surface area contributed by atoms with Gasteiger partial charge >= 0.3 is 5.97 Å². The van der Waals surface area contributed by atoms with Crippen LogP contribution in [-0.2, 0) is 16.0 Å². The molecule has 0 saturated heterocycles. The van der Waals surface area contributed by atoms with Gasteiger partial charge in [0.1, 0.15) is 11.9 Å². The minimum absolute atomic E-state index is 0.0501. The molecule has 2 fully saturated rings. The highest BCUT2D eigenvalue weighted by molar-refractivity contribution is 5.73. The van der Waals surface area contributed by atoms with Crippen molar-refractivity contribution >= 4 is 5.97 Å². The van der Waals surface area contributed by atoms with E-state index >= 15 is 0 Å². The van der Waals surface area contributed by atoms with Crippen LogP contribution in [0.3, 0.4) is 0 Å². The molecule has 5 nitrogen and oxygen atoms in total. The van der Waals surface area contributed by atoms with E-state index in [4.69, 9.17) is 4.74 Å². The number of aromatic amines is 1. The van der Waals surface area contributed by atoms with Crippen molar-refractivity contribution in [1.82, 2.24) is 10.2 Å². The predicted molar refractivity (Wildman–Crippen MR) is 131 cm³/mol. The quantitative estimate of drug-likeness (QED) is 0.458. The first-order valence-electron chi connectivity index (χ1n) is 12.6. The largest absolute Gasteiger partial charge is 0.507 e. The fourth-order valence-corrected chi connectivity index (χ4v) is 7.39. The highest BCUT2D eigenvalue weighted by Crippen LogP contribution is 2.62. The Hall–Kier alpha value is -3.08. The summed E-state index contributed by atoms with van der Waals surface area (Å²) in [5.41, 5.74) is 6.35. The Morgan fingerprint density at radius 3 is 2.74 bits per heavy atom. The molecule has 1 heterocycles. The highest BCUT2D eigenvalue weighted by Gasteiger charge is 2.56. The molecule has 0 unspecified atom stereocenters. The van der Waals surface area contributed by atoms with E-state index in [-0.39, 0.29) is 17.5 Å². The van der Waals surface area contributed by atoms with E-state index in [1.54, 1.807) is 0 Å². The molecule has 0 amide bonds. The monoisotopic (exact) mass is 456 g/mol. The average molecular weight is 457 g/mol. The molecule has 2 saturated carbocycles. The molecule has 3 aliphatic rings. The number of aromatic hydroxyl groups is 1. The number of benzene rings is 2.